The molecule has 1 amide bonds. The summed E-state index contributed by atoms with van der Waals surface area (Å²) in [6, 6.07) is 11.7. The van der Waals surface area contributed by atoms with E-state index in [-0.39, 0.29) is 29.6 Å². The molecule has 0 N–H and O–H groups in total. The number of fused-ring (bicyclic) bond motifs is 1. The number of hydrogen-bond acceptors (Lipinski definition) is 6. The molecule has 6 nitrogen and oxygen atoms in total. The van der Waals surface area contributed by atoms with Crippen molar-refractivity contribution in [2.45, 2.75) is 32.1 Å². The number of amides is 1. The Kier molecular flexibility index (Phi) is 6.90. The topological polar surface area (TPSA) is 68.1 Å². The van der Waals surface area contributed by atoms with Crippen LogP contribution in [0, 0.1) is 19.7 Å². The second kappa shape index (κ2) is 9.84. The second-order valence-electron chi connectivity index (χ2n) is 7.74. The van der Waals surface area contributed by atoms with Crippen LogP contribution in [0.1, 0.15) is 21.7 Å². The molecule has 170 valence electrons. The van der Waals surface area contributed by atoms with E-state index in [0.717, 1.165) is 16.1 Å². The molecule has 0 unspecified atom stereocenters. The molecule has 0 fully saturated rings. The SMILES string of the molecule is Cc1sc2nc(SCC(=O)N(C)Cc3cccc(F)c3)n(Cc3ccccn3)c(=O)c2c1C. The van der Waals surface area contributed by atoms with Gasteiger partial charge in [0.25, 0.3) is 5.56 Å². The zero-order valence-electron chi connectivity index (χ0n) is 18.5. The highest BCUT2D eigenvalue weighted by atomic mass is 32.2. The van der Waals surface area contributed by atoms with Gasteiger partial charge in [0, 0.05) is 24.7 Å². The van der Waals surface area contributed by atoms with Crippen LogP contribution in [-0.4, -0.2) is 38.1 Å². The molecule has 33 heavy (non-hydrogen) atoms. The van der Waals surface area contributed by atoms with Crippen molar-refractivity contribution in [2.75, 3.05) is 12.8 Å². The fraction of sp³-hybridized carbons (Fsp3) is 0.250. The molecule has 3 aromatic heterocycles. The third-order valence-electron chi connectivity index (χ3n) is 5.36. The number of rotatable bonds is 7. The molecule has 0 aliphatic carbocycles. The van der Waals surface area contributed by atoms with E-state index in [1.165, 1.54) is 35.2 Å². The zero-order valence-corrected chi connectivity index (χ0v) is 20.2. The van der Waals surface area contributed by atoms with Crippen LogP contribution in [0.15, 0.2) is 58.6 Å². The summed E-state index contributed by atoms with van der Waals surface area (Å²) >= 11 is 2.71. The normalized spacial score (nSPS) is 11.2. The van der Waals surface area contributed by atoms with Crippen molar-refractivity contribution in [1.82, 2.24) is 19.4 Å². The van der Waals surface area contributed by atoms with Crippen molar-refractivity contribution in [3.05, 3.63) is 86.5 Å². The fourth-order valence-electron chi connectivity index (χ4n) is 3.45. The van der Waals surface area contributed by atoms with Gasteiger partial charge in [-0.05, 0) is 49.2 Å². The smallest absolute Gasteiger partial charge is 0.263 e. The van der Waals surface area contributed by atoms with Crippen LogP contribution in [0.2, 0.25) is 0 Å². The van der Waals surface area contributed by atoms with E-state index in [1.54, 1.807) is 34.8 Å². The maximum atomic E-state index is 13.5. The molecule has 9 heteroatoms. The molecule has 0 saturated heterocycles. The van der Waals surface area contributed by atoms with Crippen LogP contribution in [0.4, 0.5) is 4.39 Å². The Labute approximate surface area is 199 Å². The van der Waals surface area contributed by atoms with E-state index < -0.39 is 0 Å². The first-order valence-electron chi connectivity index (χ1n) is 10.3. The number of hydrogen-bond donors (Lipinski definition) is 0. The van der Waals surface area contributed by atoms with Crippen LogP contribution >= 0.6 is 23.1 Å². The van der Waals surface area contributed by atoms with E-state index in [0.29, 0.717) is 27.5 Å². The summed E-state index contributed by atoms with van der Waals surface area (Å²) < 4.78 is 15.0. The molecule has 0 saturated carbocycles. The van der Waals surface area contributed by atoms with Crippen molar-refractivity contribution < 1.29 is 9.18 Å². The van der Waals surface area contributed by atoms with Crippen LogP contribution in [0.5, 0.6) is 0 Å². The first-order chi connectivity index (χ1) is 15.8. The first-order valence-corrected chi connectivity index (χ1v) is 12.2. The van der Waals surface area contributed by atoms with E-state index in [1.807, 2.05) is 32.0 Å². The predicted octanol–water partition coefficient (Wildman–Crippen LogP) is 4.41. The van der Waals surface area contributed by atoms with Gasteiger partial charge in [-0.3, -0.25) is 19.1 Å². The van der Waals surface area contributed by atoms with Crippen molar-refractivity contribution in [3.8, 4) is 0 Å². The zero-order chi connectivity index (χ0) is 23.5. The maximum absolute atomic E-state index is 13.5. The molecular weight excluding hydrogens is 459 g/mol. The lowest BCUT2D eigenvalue weighted by Crippen LogP contribution is -2.29. The first kappa shape index (κ1) is 23.1. The van der Waals surface area contributed by atoms with Crippen LogP contribution < -0.4 is 5.56 Å². The van der Waals surface area contributed by atoms with E-state index in [9.17, 15) is 14.0 Å². The third kappa shape index (κ3) is 5.15. The monoisotopic (exact) mass is 482 g/mol. The Morgan fingerprint density at radius 2 is 2.03 bits per heavy atom. The Bertz CT molecular complexity index is 1370. The van der Waals surface area contributed by atoms with E-state index >= 15 is 0 Å². The summed E-state index contributed by atoms with van der Waals surface area (Å²) in [5.74, 6) is -0.364. The van der Waals surface area contributed by atoms with Gasteiger partial charge >= 0.3 is 0 Å². The Balaban J connectivity index is 1.60. The van der Waals surface area contributed by atoms with Gasteiger partial charge < -0.3 is 4.90 Å². The number of carbonyl (C=O) groups excluding carboxylic acids is 1. The molecular formula is C24H23FN4O2S2. The molecule has 0 aliphatic rings. The number of thiophene rings is 1. The van der Waals surface area contributed by atoms with Gasteiger partial charge in [-0.15, -0.1) is 11.3 Å². The quantitative estimate of drug-likeness (QED) is 0.288. The fourth-order valence-corrected chi connectivity index (χ4v) is 5.46. The minimum atomic E-state index is -0.333. The number of carbonyl (C=O) groups is 1. The van der Waals surface area contributed by atoms with Gasteiger partial charge in [0.2, 0.25) is 5.91 Å². The van der Waals surface area contributed by atoms with Crippen molar-refractivity contribution in [3.63, 3.8) is 0 Å². The number of aryl methyl sites for hydroxylation is 2. The third-order valence-corrected chi connectivity index (χ3v) is 7.42. The van der Waals surface area contributed by atoms with Gasteiger partial charge in [0.1, 0.15) is 10.6 Å². The highest BCUT2D eigenvalue weighted by molar-refractivity contribution is 7.99. The number of nitrogens with zero attached hydrogens (tertiary/aromatic N) is 4. The number of halogens is 1. The van der Waals surface area contributed by atoms with Gasteiger partial charge in [0.05, 0.1) is 23.4 Å². The molecule has 0 radical (unpaired) electrons. The van der Waals surface area contributed by atoms with E-state index in [2.05, 4.69) is 4.98 Å². The number of thioether (sulfide) groups is 1. The highest BCUT2D eigenvalue weighted by Gasteiger charge is 2.19. The summed E-state index contributed by atoms with van der Waals surface area (Å²) in [6.07, 6.45) is 1.68. The minimum absolute atomic E-state index is 0.106. The van der Waals surface area contributed by atoms with Crippen LogP contribution in [0.3, 0.4) is 0 Å². The summed E-state index contributed by atoms with van der Waals surface area (Å²) in [6.45, 7) is 4.47. The van der Waals surface area contributed by atoms with Gasteiger partial charge in [0.15, 0.2) is 5.16 Å². The molecule has 0 aliphatic heterocycles. The van der Waals surface area contributed by atoms with Gasteiger partial charge in [-0.1, -0.05) is 30.0 Å². The molecule has 0 spiro atoms. The Morgan fingerprint density at radius 3 is 2.76 bits per heavy atom. The largest absolute Gasteiger partial charge is 0.341 e. The lowest BCUT2D eigenvalue weighted by atomic mass is 10.2. The summed E-state index contributed by atoms with van der Waals surface area (Å²) in [5, 5.41) is 1.10. The molecule has 0 atom stereocenters. The van der Waals surface area contributed by atoms with Gasteiger partial charge in [-0.2, -0.15) is 0 Å². The highest BCUT2D eigenvalue weighted by Crippen LogP contribution is 2.28. The molecule has 3 heterocycles. The number of aromatic nitrogens is 3. The van der Waals surface area contributed by atoms with Crippen molar-refractivity contribution in [2.24, 2.45) is 0 Å². The maximum Gasteiger partial charge on any atom is 0.263 e. The summed E-state index contributed by atoms with van der Waals surface area (Å²) in [7, 11) is 1.68. The van der Waals surface area contributed by atoms with Crippen molar-refractivity contribution >= 4 is 39.2 Å². The van der Waals surface area contributed by atoms with Crippen LogP contribution in [0.25, 0.3) is 10.2 Å². The van der Waals surface area contributed by atoms with Crippen molar-refractivity contribution in [1.29, 1.82) is 0 Å². The molecule has 4 aromatic rings. The minimum Gasteiger partial charge on any atom is -0.341 e. The molecule has 0 bridgehead atoms. The summed E-state index contributed by atoms with van der Waals surface area (Å²) in [5.41, 5.74) is 2.26. The number of benzene rings is 1. The Morgan fingerprint density at radius 1 is 1.21 bits per heavy atom. The van der Waals surface area contributed by atoms with Gasteiger partial charge in [-0.25, -0.2) is 9.37 Å². The average Bonchev–Trinajstić information content (AvgIpc) is 3.08. The van der Waals surface area contributed by atoms with Crippen LogP contribution in [-0.2, 0) is 17.9 Å². The second-order valence-corrected chi connectivity index (χ2v) is 9.88. The predicted molar refractivity (Wildman–Crippen MR) is 130 cm³/mol. The lowest BCUT2D eigenvalue weighted by Gasteiger charge is -2.18. The molecule has 4 rings (SSSR count). The Hall–Kier alpha value is -3.04. The average molecular weight is 483 g/mol. The number of pyridine rings is 1. The standard InChI is InChI=1S/C24H23FN4O2S2/c1-15-16(2)33-22-21(15)23(31)29(13-19-9-4-5-10-26-19)24(27-22)32-14-20(30)28(3)12-17-7-6-8-18(25)11-17/h4-11H,12-14H2,1-3H3. The van der Waals surface area contributed by atoms with E-state index in [4.69, 9.17) is 4.98 Å². The molecule has 1 aromatic carbocycles. The lowest BCUT2D eigenvalue weighted by molar-refractivity contribution is -0.127. The summed E-state index contributed by atoms with van der Waals surface area (Å²) in [4.78, 5) is 38.5.